The molecule has 0 amide bonds. The van der Waals surface area contributed by atoms with Crippen molar-refractivity contribution in [3.63, 3.8) is 0 Å². The molecule has 0 radical (unpaired) electrons. The highest BCUT2D eigenvalue weighted by Crippen LogP contribution is 2.31. The van der Waals surface area contributed by atoms with Crippen LogP contribution in [0.15, 0.2) is 72.1 Å². The summed E-state index contributed by atoms with van der Waals surface area (Å²) in [6.07, 6.45) is 0. The second-order valence-corrected chi connectivity index (χ2v) is 4.97. The molecule has 2 aromatic carbocycles. The molecular weight excluding hydrogens is 276 g/mol. The fourth-order valence-corrected chi connectivity index (χ4v) is 2.52. The van der Waals surface area contributed by atoms with Gasteiger partial charge in [0.05, 0.1) is 22.5 Å². The maximum absolute atomic E-state index is 12.6. The van der Waals surface area contributed by atoms with E-state index in [1.54, 1.807) is 48.5 Å². The molecule has 0 spiro atoms. The van der Waals surface area contributed by atoms with Gasteiger partial charge in [0.25, 0.3) is 0 Å². The van der Waals surface area contributed by atoms with Crippen molar-refractivity contribution in [1.82, 2.24) is 0 Å². The number of benzene rings is 2. The molecule has 0 heterocycles. The average molecular weight is 290 g/mol. The molecule has 0 aliphatic heterocycles. The van der Waals surface area contributed by atoms with E-state index in [1.807, 2.05) is 12.1 Å². The fraction of sp³-hybridized carbons (Fsp3) is 0. The van der Waals surface area contributed by atoms with Gasteiger partial charge in [-0.05, 0) is 11.1 Å². The molecule has 2 aromatic rings. The van der Waals surface area contributed by atoms with Gasteiger partial charge < -0.3 is 11.5 Å². The van der Waals surface area contributed by atoms with Crippen LogP contribution in [0.4, 0.5) is 0 Å². The lowest BCUT2D eigenvalue weighted by molar-refractivity contribution is -0.113. The minimum atomic E-state index is -0.415. The molecule has 22 heavy (non-hydrogen) atoms. The Morgan fingerprint density at radius 2 is 0.864 bits per heavy atom. The molecule has 0 saturated heterocycles. The van der Waals surface area contributed by atoms with E-state index in [1.165, 1.54) is 0 Å². The minimum absolute atomic E-state index is 0.0655. The van der Waals surface area contributed by atoms with Crippen LogP contribution in [0.3, 0.4) is 0 Å². The number of carbonyl (C=O) groups is 2. The van der Waals surface area contributed by atoms with Crippen molar-refractivity contribution < 1.29 is 9.59 Å². The van der Waals surface area contributed by atoms with Gasteiger partial charge >= 0.3 is 0 Å². The Bertz CT molecular complexity index is 747. The van der Waals surface area contributed by atoms with Crippen molar-refractivity contribution in [3.05, 3.63) is 83.2 Å². The maximum Gasteiger partial charge on any atom is 0.212 e. The summed E-state index contributed by atoms with van der Waals surface area (Å²) >= 11 is 0. The Labute approximate surface area is 127 Å². The molecular formula is C18H14N2O2. The summed E-state index contributed by atoms with van der Waals surface area (Å²) in [5.41, 5.74) is 13.3. The molecule has 1 aliphatic carbocycles. The van der Waals surface area contributed by atoms with Crippen molar-refractivity contribution >= 4 is 22.7 Å². The number of allylic oxidation sites excluding steroid dienone is 2. The Balaban J connectivity index is 2.16. The van der Waals surface area contributed by atoms with Crippen LogP contribution in [0.2, 0.25) is 0 Å². The fourth-order valence-electron chi connectivity index (χ4n) is 2.52. The van der Waals surface area contributed by atoms with E-state index >= 15 is 0 Å². The zero-order valence-electron chi connectivity index (χ0n) is 11.7. The first-order valence-electron chi connectivity index (χ1n) is 6.81. The van der Waals surface area contributed by atoms with Crippen molar-refractivity contribution in [2.45, 2.75) is 0 Å². The predicted molar refractivity (Wildman–Crippen MR) is 85.1 cm³/mol. The van der Waals surface area contributed by atoms with Crippen molar-refractivity contribution in [1.29, 1.82) is 0 Å². The Hall–Kier alpha value is -3.14. The zero-order chi connectivity index (χ0) is 15.7. The van der Waals surface area contributed by atoms with Crippen LogP contribution in [-0.2, 0) is 9.59 Å². The second-order valence-electron chi connectivity index (χ2n) is 4.97. The van der Waals surface area contributed by atoms with Crippen LogP contribution in [0.25, 0.3) is 11.1 Å². The maximum atomic E-state index is 12.6. The van der Waals surface area contributed by atoms with E-state index < -0.39 is 11.6 Å². The highest BCUT2D eigenvalue weighted by Gasteiger charge is 2.33. The van der Waals surface area contributed by atoms with E-state index in [9.17, 15) is 9.59 Å². The molecule has 4 heteroatoms. The second kappa shape index (κ2) is 5.33. The predicted octanol–water partition coefficient (Wildman–Crippen LogP) is 1.88. The topological polar surface area (TPSA) is 86.2 Å². The first kappa shape index (κ1) is 13.8. The lowest BCUT2D eigenvalue weighted by Gasteiger charge is -2.20. The Morgan fingerprint density at radius 1 is 0.545 bits per heavy atom. The van der Waals surface area contributed by atoms with E-state index in [4.69, 9.17) is 11.5 Å². The number of nitrogens with two attached hydrogens (primary N) is 2. The molecule has 0 aromatic heterocycles. The van der Waals surface area contributed by atoms with Crippen LogP contribution in [-0.4, -0.2) is 11.6 Å². The summed E-state index contributed by atoms with van der Waals surface area (Å²) in [6.45, 7) is 0. The monoisotopic (exact) mass is 290 g/mol. The smallest absolute Gasteiger partial charge is 0.212 e. The van der Waals surface area contributed by atoms with E-state index in [0.29, 0.717) is 11.1 Å². The minimum Gasteiger partial charge on any atom is -0.395 e. The van der Waals surface area contributed by atoms with Gasteiger partial charge in [-0.25, -0.2) is 0 Å². The van der Waals surface area contributed by atoms with Gasteiger partial charge in [0.15, 0.2) is 0 Å². The van der Waals surface area contributed by atoms with Crippen LogP contribution < -0.4 is 11.5 Å². The zero-order valence-corrected chi connectivity index (χ0v) is 11.7. The largest absolute Gasteiger partial charge is 0.395 e. The number of rotatable bonds is 2. The summed E-state index contributed by atoms with van der Waals surface area (Å²) in [5.74, 6) is -0.829. The molecule has 3 rings (SSSR count). The SMILES string of the molecule is NC1=C(c2ccccc2)C(=O)C(N)=C(c2ccccc2)C1=O. The van der Waals surface area contributed by atoms with E-state index in [2.05, 4.69) is 0 Å². The molecule has 4 N–H and O–H groups in total. The standard InChI is InChI=1S/C18H14N2O2/c19-15-13(11-7-3-1-4-8-11)17(21)16(20)14(18(15)22)12-9-5-2-6-10-12/h1-10H,19-20H2. The molecule has 0 saturated carbocycles. The van der Waals surface area contributed by atoms with Gasteiger partial charge in [0, 0.05) is 0 Å². The summed E-state index contributed by atoms with van der Waals surface area (Å²) < 4.78 is 0. The van der Waals surface area contributed by atoms with Crippen molar-refractivity contribution in [2.75, 3.05) is 0 Å². The number of hydrogen-bond acceptors (Lipinski definition) is 4. The average Bonchev–Trinajstić information content (AvgIpc) is 2.55. The highest BCUT2D eigenvalue weighted by atomic mass is 16.1. The van der Waals surface area contributed by atoms with Gasteiger partial charge in [-0.1, -0.05) is 60.7 Å². The summed E-state index contributed by atoms with van der Waals surface area (Å²) in [7, 11) is 0. The molecule has 1 aliphatic rings. The Morgan fingerprint density at radius 3 is 1.18 bits per heavy atom. The number of carbonyl (C=O) groups excluding carboxylic acids is 2. The molecule has 0 unspecified atom stereocenters. The van der Waals surface area contributed by atoms with Crippen LogP contribution in [0, 0.1) is 0 Å². The normalized spacial score (nSPS) is 15.5. The lowest BCUT2D eigenvalue weighted by Crippen LogP contribution is -2.30. The highest BCUT2D eigenvalue weighted by molar-refractivity contribution is 6.47. The van der Waals surface area contributed by atoms with E-state index in [0.717, 1.165) is 0 Å². The molecule has 0 atom stereocenters. The van der Waals surface area contributed by atoms with Gasteiger partial charge in [-0.2, -0.15) is 0 Å². The number of ketones is 2. The summed E-state index contributed by atoms with van der Waals surface area (Å²) in [5, 5.41) is 0. The van der Waals surface area contributed by atoms with Gasteiger partial charge in [-0.15, -0.1) is 0 Å². The third kappa shape index (κ3) is 2.11. The summed E-state index contributed by atoms with van der Waals surface area (Å²) in [6, 6.07) is 17.7. The van der Waals surface area contributed by atoms with Gasteiger partial charge in [-0.3, -0.25) is 9.59 Å². The third-order valence-electron chi connectivity index (χ3n) is 3.61. The number of hydrogen-bond donors (Lipinski definition) is 2. The first-order chi connectivity index (χ1) is 10.6. The lowest BCUT2D eigenvalue weighted by atomic mass is 9.85. The van der Waals surface area contributed by atoms with Gasteiger partial charge in [0.2, 0.25) is 11.6 Å². The molecule has 0 fully saturated rings. The van der Waals surface area contributed by atoms with Crippen molar-refractivity contribution in [2.24, 2.45) is 11.5 Å². The molecule has 4 nitrogen and oxygen atoms in total. The van der Waals surface area contributed by atoms with Crippen molar-refractivity contribution in [3.8, 4) is 0 Å². The summed E-state index contributed by atoms with van der Waals surface area (Å²) in [4.78, 5) is 25.2. The van der Waals surface area contributed by atoms with Crippen LogP contribution in [0.5, 0.6) is 0 Å². The quantitative estimate of drug-likeness (QED) is 0.827. The third-order valence-corrected chi connectivity index (χ3v) is 3.61. The van der Waals surface area contributed by atoms with Crippen LogP contribution in [0.1, 0.15) is 11.1 Å². The van der Waals surface area contributed by atoms with Gasteiger partial charge in [0.1, 0.15) is 0 Å². The molecule has 0 bridgehead atoms. The first-order valence-corrected chi connectivity index (χ1v) is 6.81. The van der Waals surface area contributed by atoms with Crippen LogP contribution >= 0.6 is 0 Å². The van der Waals surface area contributed by atoms with E-state index in [-0.39, 0.29) is 22.5 Å². The molecule has 108 valence electrons. The number of Topliss-reactive ketones (excluding diaryl/α,β-unsaturated/α-hetero) is 2. The Kier molecular flexibility index (Phi) is 3.35.